The first-order valence-electron chi connectivity index (χ1n) is 23.7. The average molecular weight is 774 g/mol. The van der Waals surface area contributed by atoms with Crippen LogP contribution in [0.4, 0.5) is 0 Å². The summed E-state index contributed by atoms with van der Waals surface area (Å²) in [7, 11) is 0. The van der Waals surface area contributed by atoms with Crippen LogP contribution in [-0.2, 0) is 14.3 Å². The molecule has 0 heterocycles. The van der Waals surface area contributed by atoms with Crippen LogP contribution in [0.2, 0.25) is 0 Å². The molecule has 0 rings (SSSR count). The van der Waals surface area contributed by atoms with Crippen LogP contribution >= 0.6 is 0 Å². The highest BCUT2D eigenvalue weighted by molar-refractivity contribution is 5.77. The molecule has 6 heteroatoms. The van der Waals surface area contributed by atoms with E-state index in [9.17, 15) is 19.8 Å². The molecule has 0 spiro atoms. The van der Waals surface area contributed by atoms with Crippen LogP contribution in [0.25, 0.3) is 0 Å². The van der Waals surface area contributed by atoms with Crippen molar-refractivity contribution in [2.75, 3.05) is 6.61 Å². The number of hydrogen-bond acceptors (Lipinski definition) is 5. The number of aliphatic hydroxyl groups is 2. The molecule has 0 saturated heterocycles. The number of allylic oxidation sites excluding steroid dienone is 6. The normalized spacial score (nSPS) is 13.6. The maximum atomic E-state index is 13.1. The van der Waals surface area contributed by atoms with Crippen molar-refractivity contribution in [2.24, 2.45) is 0 Å². The fraction of sp³-hybridized carbons (Fsp3) is 0.837. The smallest absolute Gasteiger partial charge is 0.306 e. The SMILES string of the molecule is CC/C=C/C/C=C/C/C=C/CCCCCCC(=O)OC(CCCCCCCCCCC)CC(=O)NC(CO)C(O)CCCCCCCCCCCCCCC. The van der Waals surface area contributed by atoms with E-state index in [2.05, 4.69) is 62.5 Å². The fourth-order valence-corrected chi connectivity index (χ4v) is 7.15. The summed E-state index contributed by atoms with van der Waals surface area (Å²) in [4.78, 5) is 26.0. The van der Waals surface area contributed by atoms with E-state index in [1.165, 1.54) is 116 Å². The van der Waals surface area contributed by atoms with Gasteiger partial charge in [-0.25, -0.2) is 0 Å². The third-order valence-corrected chi connectivity index (χ3v) is 10.7. The van der Waals surface area contributed by atoms with E-state index in [0.717, 1.165) is 77.0 Å². The Morgan fingerprint density at radius 2 is 0.982 bits per heavy atom. The Hall–Kier alpha value is -1.92. The standard InChI is InChI=1S/C49H91NO5/c1-4-7-10-13-16-19-21-23-25-27-30-33-36-39-42-49(54)55-45(40-37-34-31-28-18-15-12-9-6-3)43-48(53)50-46(44-51)47(52)41-38-35-32-29-26-24-22-20-17-14-11-8-5-2/h7,10,16,19,23,25,45-47,51-52H,4-6,8-9,11-15,17-18,20-22,24,26-44H2,1-3H3,(H,50,53)/b10-7+,19-16+,25-23+. The van der Waals surface area contributed by atoms with Crippen molar-refractivity contribution in [1.82, 2.24) is 5.32 Å². The monoisotopic (exact) mass is 774 g/mol. The molecule has 55 heavy (non-hydrogen) atoms. The third-order valence-electron chi connectivity index (χ3n) is 10.7. The van der Waals surface area contributed by atoms with E-state index in [4.69, 9.17) is 4.74 Å². The summed E-state index contributed by atoms with van der Waals surface area (Å²) < 4.78 is 5.89. The zero-order valence-electron chi connectivity index (χ0n) is 36.6. The van der Waals surface area contributed by atoms with E-state index in [1.54, 1.807) is 0 Å². The molecule has 0 aromatic rings. The van der Waals surface area contributed by atoms with E-state index < -0.39 is 18.2 Å². The van der Waals surface area contributed by atoms with Gasteiger partial charge in [0.1, 0.15) is 6.10 Å². The highest BCUT2D eigenvalue weighted by Gasteiger charge is 2.24. The first-order valence-corrected chi connectivity index (χ1v) is 23.7. The second-order valence-electron chi connectivity index (χ2n) is 16.1. The Morgan fingerprint density at radius 3 is 1.49 bits per heavy atom. The van der Waals surface area contributed by atoms with Gasteiger partial charge in [0.2, 0.25) is 5.91 Å². The molecule has 0 radical (unpaired) electrons. The number of ether oxygens (including phenoxy) is 1. The van der Waals surface area contributed by atoms with Gasteiger partial charge >= 0.3 is 5.97 Å². The summed E-state index contributed by atoms with van der Waals surface area (Å²) in [6, 6.07) is -0.701. The second kappa shape index (κ2) is 43.2. The topological polar surface area (TPSA) is 95.9 Å². The predicted molar refractivity (Wildman–Crippen MR) is 236 cm³/mol. The van der Waals surface area contributed by atoms with Gasteiger partial charge in [0, 0.05) is 6.42 Å². The zero-order chi connectivity index (χ0) is 40.3. The maximum Gasteiger partial charge on any atom is 0.306 e. The molecule has 1 amide bonds. The van der Waals surface area contributed by atoms with Crippen molar-refractivity contribution in [3.63, 3.8) is 0 Å². The van der Waals surface area contributed by atoms with Crippen LogP contribution in [0.3, 0.4) is 0 Å². The van der Waals surface area contributed by atoms with E-state index in [0.29, 0.717) is 19.3 Å². The fourth-order valence-electron chi connectivity index (χ4n) is 7.15. The molecule has 0 aliphatic carbocycles. The van der Waals surface area contributed by atoms with Crippen LogP contribution in [0.1, 0.15) is 239 Å². The van der Waals surface area contributed by atoms with Crippen molar-refractivity contribution >= 4 is 11.9 Å². The highest BCUT2D eigenvalue weighted by Crippen LogP contribution is 2.18. The van der Waals surface area contributed by atoms with Gasteiger partial charge < -0.3 is 20.3 Å². The summed E-state index contributed by atoms with van der Waals surface area (Å²) in [5.41, 5.74) is 0. The number of carbonyl (C=O) groups excluding carboxylic acids is 2. The minimum atomic E-state index is -0.787. The number of esters is 1. The van der Waals surface area contributed by atoms with Gasteiger partial charge in [-0.05, 0) is 57.8 Å². The first-order chi connectivity index (χ1) is 27.0. The number of hydrogen-bond donors (Lipinski definition) is 3. The van der Waals surface area contributed by atoms with Crippen molar-refractivity contribution in [3.8, 4) is 0 Å². The number of aliphatic hydroxyl groups excluding tert-OH is 2. The number of rotatable bonds is 42. The molecule has 0 aromatic heterocycles. The van der Waals surface area contributed by atoms with Gasteiger partial charge in [0.15, 0.2) is 0 Å². The molecule has 0 aliphatic heterocycles. The lowest BCUT2D eigenvalue weighted by Gasteiger charge is -2.24. The van der Waals surface area contributed by atoms with Gasteiger partial charge in [0.05, 0.1) is 25.2 Å². The molecule has 6 nitrogen and oxygen atoms in total. The lowest BCUT2D eigenvalue weighted by molar-refractivity contribution is -0.151. The lowest BCUT2D eigenvalue weighted by Crippen LogP contribution is -2.46. The van der Waals surface area contributed by atoms with E-state index in [-0.39, 0.29) is 24.9 Å². The Balaban J connectivity index is 4.52. The second-order valence-corrected chi connectivity index (χ2v) is 16.1. The quantitative estimate of drug-likeness (QED) is 0.0326. The molecule has 0 aromatic carbocycles. The van der Waals surface area contributed by atoms with Gasteiger partial charge in [-0.15, -0.1) is 0 Å². The van der Waals surface area contributed by atoms with Crippen molar-refractivity contribution in [3.05, 3.63) is 36.5 Å². The Kier molecular flexibility index (Phi) is 41.7. The Bertz CT molecular complexity index is 915. The summed E-state index contributed by atoms with van der Waals surface area (Å²) >= 11 is 0. The molecule has 3 N–H and O–H groups in total. The maximum absolute atomic E-state index is 13.1. The molecule has 3 atom stereocenters. The Morgan fingerprint density at radius 1 is 0.545 bits per heavy atom. The van der Waals surface area contributed by atoms with Gasteiger partial charge in [-0.2, -0.15) is 0 Å². The number of amides is 1. The molecule has 3 unspecified atom stereocenters. The highest BCUT2D eigenvalue weighted by atomic mass is 16.5. The van der Waals surface area contributed by atoms with Crippen molar-refractivity contribution in [2.45, 2.75) is 257 Å². The largest absolute Gasteiger partial charge is 0.462 e. The van der Waals surface area contributed by atoms with Gasteiger partial charge in [0.25, 0.3) is 0 Å². The predicted octanol–water partition coefficient (Wildman–Crippen LogP) is 13.7. The van der Waals surface area contributed by atoms with E-state index >= 15 is 0 Å². The Labute approximate surface area is 341 Å². The molecular formula is C49H91NO5. The molecule has 0 fully saturated rings. The first kappa shape index (κ1) is 53.1. The molecule has 0 aliphatic rings. The lowest BCUT2D eigenvalue weighted by atomic mass is 10.0. The molecular weight excluding hydrogens is 683 g/mol. The minimum Gasteiger partial charge on any atom is -0.462 e. The summed E-state index contributed by atoms with van der Waals surface area (Å²) in [6.45, 7) is 6.35. The van der Waals surface area contributed by atoms with Crippen molar-refractivity contribution in [1.29, 1.82) is 0 Å². The number of nitrogens with one attached hydrogen (secondary N) is 1. The third kappa shape index (κ3) is 38.7. The van der Waals surface area contributed by atoms with Crippen LogP contribution in [-0.4, -0.2) is 46.9 Å². The van der Waals surface area contributed by atoms with Crippen LogP contribution in [0, 0.1) is 0 Å². The van der Waals surface area contributed by atoms with Gasteiger partial charge in [-0.1, -0.05) is 205 Å². The number of unbranched alkanes of at least 4 members (excludes halogenated alkanes) is 24. The number of carbonyl (C=O) groups is 2. The van der Waals surface area contributed by atoms with Crippen LogP contribution < -0.4 is 5.32 Å². The van der Waals surface area contributed by atoms with Crippen molar-refractivity contribution < 1.29 is 24.5 Å². The zero-order valence-corrected chi connectivity index (χ0v) is 36.6. The van der Waals surface area contributed by atoms with E-state index in [1.807, 2.05) is 0 Å². The summed E-state index contributed by atoms with van der Waals surface area (Å²) in [5, 5.41) is 23.7. The summed E-state index contributed by atoms with van der Waals surface area (Å²) in [6.07, 6.45) is 49.2. The molecule has 0 saturated carbocycles. The average Bonchev–Trinajstić information content (AvgIpc) is 3.18. The molecule has 0 bridgehead atoms. The summed E-state index contributed by atoms with van der Waals surface area (Å²) in [5.74, 6) is -0.496. The van der Waals surface area contributed by atoms with Gasteiger partial charge in [-0.3, -0.25) is 9.59 Å². The minimum absolute atomic E-state index is 0.0711. The molecule has 322 valence electrons. The van der Waals surface area contributed by atoms with Crippen LogP contribution in [0.15, 0.2) is 36.5 Å². The van der Waals surface area contributed by atoms with Crippen LogP contribution in [0.5, 0.6) is 0 Å².